The summed E-state index contributed by atoms with van der Waals surface area (Å²) in [6.45, 7) is 8.82. The van der Waals surface area contributed by atoms with Crippen molar-refractivity contribution in [3.8, 4) is 6.07 Å². The SMILES string of the molecule is Cc1cc2c(cc1/C=N\NC(=O)CC#N)[C@@H](C)CC(C)(C)N2C. The molecular formula is C18H24N4O. The van der Waals surface area contributed by atoms with Crippen molar-refractivity contribution in [3.63, 3.8) is 0 Å². The van der Waals surface area contributed by atoms with Crippen LogP contribution < -0.4 is 10.3 Å². The Balaban J connectivity index is 2.29. The van der Waals surface area contributed by atoms with E-state index < -0.39 is 5.91 Å². The van der Waals surface area contributed by atoms with Gasteiger partial charge in [0.05, 0.1) is 12.3 Å². The first-order chi connectivity index (χ1) is 10.8. The van der Waals surface area contributed by atoms with E-state index >= 15 is 0 Å². The van der Waals surface area contributed by atoms with Crippen LogP contribution in [0.2, 0.25) is 0 Å². The minimum Gasteiger partial charge on any atom is -0.369 e. The summed E-state index contributed by atoms with van der Waals surface area (Å²) in [6.07, 6.45) is 2.56. The number of amides is 1. The highest BCUT2D eigenvalue weighted by Gasteiger charge is 2.34. The van der Waals surface area contributed by atoms with E-state index in [1.54, 1.807) is 12.3 Å². The van der Waals surface area contributed by atoms with Gasteiger partial charge in [0.25, 0.3) is 5.91 Å². The van der Waals surface area contributed by atoms with Gasteiger partial charge in [-0.05, 0) is 61.9 Å². The first kappa shape index (κ1) is 17.0. The minimum atomic E-state index is -0.394. The maximum absolute atomic E-state index is 11.3. The van der Waals surface area contributed by atoms with Gasteiger partial charge in [-0.25, -0.2) is 5.43 Å². The molecule has 5 heteroatoms. The molecule has 2 rings (SSSR count). The average molecular weight is 312 g/mol. The average Bonchev–Trinajstić information content (AvgIpc) is 2.46. The van der Waals surface area contributed by atoms with Gasteiger partial charge in [0.2, 0.25) is 0 Å². The highest BCUT2D eigenvalue weighted by atomic mass is 16.2. The monoisotopic (exact) mass is 312 g/mol. The van der Waals surface area contributed by atoms with Crippen molar-refractivity contribution in [1.82, 2.24) is 5.43 Å². The van der Waals surface area contributed by atoms with Crippen LogP contribution in [-0.4, -0.2) is 24.7 Å². The number of hydrazone groups is 1. The standard InChI is InChI=1S/C18H24N4O/c1-12-8-16-15(13(2)10-18(3,4)22(16)5)9-14(12)11-20-21-17(23)6-7-19/h8-9,11,13H,6,10H2,1-5H3,(H,21,23)/b20-11-/t13-/m0/s1. The van der Waals surface area contributed by atoms with Crippen LogP contribution in [0.3, 0.4) is 0 Å². The molecule has 23 heavy (non-hydrogen) atoms. The van der Waals surface area contributed by atoms with Gasteiger partial charge in [-0.15, -0.1) is 0 Å². The molecule has 1 aliphatic rings. The lowest BCUT2D eigenvalue weighted by atomic mass is 9.79. The van der Waals surface area contributed by atoms with E-state index in [2.05, 4.69) is 55.4 Å². The zero-order valence-electron chi connectivity index (χ0n) is 14.5. The quantitative estimate of drug-likeness (QED) is 0.689. The number of carbonyl (C=O) groups excluding carboxylic acids is 1. The molecule has 0 radical (unpaired) electrons. The minimum absolute atomic E-state index is 0.139. The molecule has 1 N–H and O–H groups in total. The number of nitrogens with zero attached hydrogens (tertiary/aromatic N) is 3. The molecular weight excluding hydrogens is 288 g/mol. The topological polar surface area (TPSA) is 68.5 Å². The third-order valence-electron chi connectivity index (χ3n) is 4.65. The van der Waals surface area contributed by atoms with E-state index in [9.17, 15) is 4.79 Å². The van der Waals surface area contributed by atoms with Crippen LogP contribution in [0.1, 0.15) is 56.2 Å². The number of fused-ring (bicyclic) bond motifs is 1. The molecule has 0 saturated heterocycles. The predicted molar refractivity (Wildman–Crippen MR) is 92.7 cm³/mol. The second-order valence-corrected chi connectivity index (χ2v) is 6.87. The van der Waals surface area contributed by atoms with Gasteiger partial charge in [-0.3, -0.25) is 4.79 Å². The molecule has 5 nitrogen and oxygen atoms in total. The van der Waals surface area contributed by atoms with Crippen molar-refractivity contribution in [2.24, 2.45) is 5.10 Å². The molecule has 1 heterocycles. The van der Waals surface area contributed by atoms with Gasteiger partial charge in [0.15, 0.2) is 0 Å². The van der Waals surface area contributed by atoms with Gasteiger partial charge >= 0.3 is 0 Å². The van der Waals surface area contributed by atoms with Crippen LogP contribution in [-0.2, 0) is 4.79 Å². The van der Waals surface area contributed by atoms with Gasteiger partial charge in [0, 0.05) is 18.3 Å². The number of rotatable bonds is 3. The van der Waals surface area contributed by atoms with Crippen molar-refractivity contribution in [1.29, 1.82) is 5.26 Å². The zero-order valence-corrected chi connectivity index (χ0v) is 14.5. The molecule has 0 unspecified atom stereocenters. The predicted octanol–water partition coefficient (Wildman–Crippen LogP) is 3.08. The fourth-order valence-electron chi connectivity index (χ4n) is 3.16. The smallest absolute Gasteiger partial charge is 0.254 e. The summed E-state index contributed by atoms with van der Waals surface area (Å²) < 4.78 is 0. The van der Waals surface area contributed by atoms with E-state index in [0.717, 1.165) is 17.5 Å². The van der Waals surface area contributed by atoms with Crippen LogP contribution in [0, 0.1) is 18.3 Å². The zero-order chi connectivity index (χ0) is 17.2. The second kappa shape index (κ2) is 6.41. The van der Waals surface area contributed by atoms with E-state index in [1.807, 2.05) is 6.92 Å². The fraction of sp³-hybridized carbons (Fsp3) is 0.500. The van der Waals surface area contributed by atoms with Crippen LogP contribution in [0.15, 0.2) is 17.2 Å². The van der Waals surface area contributed by atoms with E-state index in [0.29, 0.717) is 5.92 Å². The van der Waals surface area contributed by atoms with Crippen molar-refractivity contribution in [2.75, 3.05) is 11.9 Å². The van der Waals surface area contributed by atoms with Crippen LogP contribution in [0.5, 0.6) is 0 Å². The first-order valence-corrected chi connectivity index (χ1v) is 7.83. The highest BCUT2D eigenvalue weighted by Crippen LogP contribution is 2.43. The maximum Gasteiger partial charge on any atom is 0.254 e. The summed E-state index contributed by atoms with van der Waals surface area (Å²) in [7, 11) is 2.14. The molecule has 1 amide bonds. The number of benzene rings is 1. The molecule has 0 aromatic heterocycles. The van der Waals surface area contributed by atoms with Crippen LogP contribution in [0.25, 0.3) is 0 Å². The molecule has 1 aromatic rings. The molecule has 0 saturated carbocycles. The Kier molecular flexibility index (Phi) is 4.74. The number of nitrogens with one attached hydrogen (secondary N) is 1. The number of anilines is 1. The summed E-state index contributed by atoms with van der Waals surface area (Å²) in [4.78, 5) is 13.6. The number of hydrogen-bond acceptors (Lipinski definition) is 4. The lowest BCUT2D eigenvalue weighted by molar-refractivity contribution is -0.120. The van der Waals surface area contributed by atoms with Crippen LogP contribution >= 0.6 is 0 Å². The molecule has 0 spiro atoms. The number of nitriles is 1. The third kappa shape index (κ3) is 3.53. The van der Waals surface area contributed by atoms with Crippen molar-refractivity contribution < 1.29 is 4.79 Å². The Bertz CT molecular complexity index is 685. The fourth-order valence-corrected chi connectivity index (χ4v) is 3.16. The molecule has 0 bridgehead atoms. The molecule has 0 aliphatic carbocycles. The van der Waals surface area contributed by atoms with E-state index in [4.69, 9.17) is 5.26 Å². The second-order valence-electron chi connectivity index (χ2n) is 6.87. The number of aryl methyl sites for hydroxylation is 1. The van der Waals surface area contributed by atoms with Crippen molar-refractivity contribution in [3.05, 3.63) is 28.8 Å². The lowest BCUT2D eigenvalue weighted by Crippen LogP contribution is -2.45. The maximum atomic E-state index is 11.3. The molecule has 0 fully saturated rings. The summed E-state index contributed by atoms with van der Waals surface area (Å²) in [5.74, 6) is 0.0753. The molecule has 1 atom stereocenters. The van der Waals surface area contributed by atoms with Crippen LogP contribution in [0.4, 0.5) is 5.69 Å². The highest BCUT2D eigenvalue weighted by molar-refractivity contribution is 5.86. The normalized spacial score (nSPS) is 19.3. The summed E-state index contributed by atoms with van der Waals surface area (Å²) in [6, 6.07) is 6.13. The third-order valence-corrected chi connectivity index (χ3v) is 4.65. The Morgan fingerprint density at radius 2 is 2.26 bits per heavy atom. The lowest BCUT2D eigenvalue weighted by Gasteiger charge is -2.45. The van der Waals surface area contributed by atoms with Gasteiger partial charge in [-0.1, -0.05) is 6.92 Å². The number of hydrogen-bond donors (Lipinski definition) is 1. The van der Waals surface area contributed by atoms with E-state index in [-0.39, 0.29) is 12.0 Å². The number of carbonyl (C=O) groups is 1. The van der Waals surface area contributed by atoms with Crippen molar-refractivity contribution in [2.45, 2.75) is 52.0 Å². The van der Waals surface area contributed by atoms with Gasteiger partial charge < -0.3 is 4.90 Å². The Morgan fingerprint density at radius 3 is 2.91 bits per heavy atom. The largest absolute Gasteiger partial charge is 0.369 e. The molecule has 122 valence electrons. The Morgan fingerprint density at radius 1 is 1.57 bits per heavy atom. The van der Waals surface area contributed by atoms with Gasteiger partial charge in [0.1, 0.15) is 6.42 Å². The molecule has 1 aliphatic heterocycles. The summed E-state index contributed by atoms with van der Waals surface area (Å²) in [5.41, 5.74) is 7.17. The Labute approximate surface area is 138 Å². The summed E-state index contributed by atoms with van der Waals surface area (Å²) >= 11 is 0. The molecule has 1 aromatic carbocycles. The van der Waals surface area contributed by atoms with E-state index in [1.165, 1.54) is 11.3 Å². The first-order valence-electron chi connectivity index (χ1n) is 7.83. The summed E-state index contributed by atoms with van der Waals surface area (Å²) in [5, 5.41) is 12.4. The van der Waals surface area contributed by atoms with Crippen molar-refractivity contribution >= 4 is 17.8 Å². The van der Waals surface area contributed by atoms with Gasteiger partial charge in [-0.2, -0.15) is 10.4 Å². The Hall–Kier alpha value is -2.35.